The minimum absolute atomic E-state index is 0.0163. The summed E-state index contributed by atoms with van der Waals surface area (Å²) in [7, 11) is 0. The van der Waals surface area contributed by atoms with Crippen molar-refractivity contribution < 1.29 is 4.79 Å². The maximum absolute atomic E-state index is 12.1. The van der Waals surface area contributed by atoms with E-state index in [9.17, 15) is 4.79 Å². The molecule has 2 rings (SSSR count). The Morgan fingerprint density at radius 2 is 2.06 bits per heavy atom. The number of halogens is 1. The second-order valence-electron chi connectivity index (χ2n) is 4.39. The van der Waals surface area contributed by atoms with E-state index in [2.05, 4.69) is 25.1 Å². The number of amides is 1. The van der Waals surface area contributed by atoms with Crippen LogP contribution >= 0.6 is 11.6 Å². The van der Waals surface area contributed by atoms with Gasteiger partial charge in [0.1, 0.15) is 5.38 Å². The molecule has 0 aromatic heterocycles. The molecule has 1 aromatic carbocycles. The Morgan fingerprint density at radius 1 is 1.33 bits per heavy atom. The molecule has 1 unspecified atom stereocenters. The molecule has 3 heteroatoms. The monoisotopic (exact) mass is 263 g/mol. The van der Waals surface area contributed by atoms with E-state index < -0.39 is 5.38 Å². The lowest BCUT2D eigenvalue weighted by atomic mass is 9.98. The summed E-state index contributed by atoms with van der Waals surface area (Å²) < 4.78 is 0. The molecule has 1 aliphatic heterocycles. The first-order valence-electron chi connectivity index (χ1n) is 6.42. The van der Waals surface area contributed by atoms with Gasteiger partial charge in [0.2, 0.25) is 5.91 Å². The van der Waals surface area contributed by atoms with E-state index in [1.54, 1.807) is 4.90 Å². The maximum atomic E-state index is 12.1. The van der Waals surface area contributed by atoms with Gasteiger partial charge in [-0.3, -0.25) is 4.79 Å². The molecular weight excluding hydrogens is 246 g/mol. The van der Waals surface area contributed by atoms with Crippen molar-refractivity contribution in [3.05, 3.63) is 41.5 Å². The molecule has 0 aliphatic carbocycles. The number of benzene rings is 1. The summed E-state index contributed by atoms with van der Waals surface area (Å²) in [5, 5.41) is -0.414. The number of carbonyl (C=O) groups excluding carboxylic acids is 1. The quantitative estimate of drug-likeness (QED) is 0.765. The third-order valence-corrected chi connectivity index (χ3v) is 3.70. The molecule has 2 nitrogen and oxygen atoms in total. The standard InChI is InChI=1S/C15H18ClNO/c1-3-11-7-5-6-8-12(11)14-10-9-13(16)15(18)17(14)4-2/h5-8,10,13H,3-4,9H2,1-2H3. The topological polar surface area (TPSA) is 20.3 Å². The van der Waals surface area contributed by atoms with Gasteiger partial charge in [0, 0.05) is 17.8 Å². The molecule has 0 saturated carbocycles. The molecule has 0 fully saturated rings. The fraction of sp³-hybridized carbons (Fsp3) is 0.400. The van der Waals surface area contributed by atoms with Gasteiger partial charge in [0.15, 0.2) is 0 Å². The van der Waals surface area contributed by atoms with E-state index in [4.69, 9.17) is 11.6 Å². The van der Waals surface area contributed by atoms with E-state index >= 15 is 0 Å². The molecule has 0 radical (unpaired) electrons. The van der Waals surface area contributed by atoms with Gasteiger partial charge < -0.3 is 4.90 Å². The summed E-state index contributed by atoms with van der Waals surface area (Å²) in [4.78, 5) is 13.9. The molecule has 0 saturated heterocycles. The smallest absolute Gasteiger partial charge is 0.245 e. The molecule has 1 heterocycles. The van der Waals surface area contributed by atoms with Crippen LogP contribution in [0.4, 0.5) is 0 Å². The van der Waals surface area contributed by atoms with Crippen molar-refractivity contribution in [2.75, 3.05) is 6.54 Å². The summed E-state index contributed by atoms with van der Waals surface area (Å²) in [6, 6.07) is 8.24. The molecular formula is C15H18ClNO. The average molecular weight is 264 g/mol. The number of carbonyl (C=O) groups is 1. The highest BCUT2D eigenvalue weighted by molar-refractivity contribution is 6.31. The first-order valence-corrected chi connectivity index (χ1v) is 6.86. The van der Waals surface area contributed by atoms with Crippen LogP contribution in [0.5, 0.6) is 0 Å². The van der Waals surface area contributed by atoms with Gasteiger partial charge in [0.05, 0.1) is 0 Å². The zero-order valence-electron chi connectivity index (χ0n) is 10.8. The van der Waals surface area contributed by atoms with Crippen molar-refractivity contribution in [3.8, 4) is 0 Å². The highest BCUT2D eigenvalue weighted by atomic mass is 35.5. The summed E-state index contributed by atoms with van der Waals surface area (Å²) in [5.41, 5.74) is 3.43. The van der Waals surface area contributed by atoms with Crippen LogP contribution in [0.15, 0.2) is 30.3 Å². The van der Waals surface area contributed by atoms with Crippen LogP contribution in [0.25, 0.3) is 5.70 Å². The van der Waals surface area contributed by atoms with Crippen LogP contribution in [0.3, 0.4) is 0 Å². The van der Waals surface area contributed by atoms with Gasteiger partial charge >= 0.3 is 0 Å². The van der Waals surface area contributed by atoms with Crippen molar-refractivity contribution >= 4 is 23.2 Å². The summed E-state index contributed by atoms with van der Waals surface area (Å²) in [5.74, 6) is 0.0163. The van der Waals surface area contributed by atoms with E-state index in [-0.39, 0.29) is 5.91 Å². The zero-order valence-corrected chi connectivity index (χ0v) is 11.6. The van der Waals surface area contributed by atoms with E-state index in [1.807, 2.05) is 19.1 Å². The minimum atomic E-state index is -0.414. The van der Waals surface area contributed by atoms with Crippen LogP contribution in [-0.4, -0.2) is 22.7 Å². The van der Waals surface area contributed by atoms with Gasteiger partial charge in [-0.1, -0.05) is 37.3 Å². The van der Waals surface area contributed by atoms with Crippen LogP contribution in [-0.2, 0) is 11.2 Å². The molecule has 1 aromatic rings. The second kappa shape index (κ2) is 5.57. The van der Waals surface area contributed by atoms with Crippen LogP contribution in [0.1, 0.15) is 31.4 Å². The summed E-state index contributed by atoms with van der Waals surface area (Å²) in [6.07, 6.45) is 3.66. The number of aryl methyl sites for hydroxylation is 1. The SMILES string of the molecule is CCc1ccccc1C1=CCC(Cl)C(=O)N1CC. The van der Waals surface area contributed by atoms with Gasteiger partial charge in [-0.05, 0) is 25.3 Å². The number of hydrogen-bond donors (Lipinski definition) is 0. The third-order valence-electron chi connectivity index (χ3n) is 3.33. The highest BCUT2D eigenvalue weighted by Gasteiger charge is 2.28. The lowest BCUT2D eigenvalue weighted by Gasteiger charge is -2.31. The van der Waals surface area contributed by atoms with Crippen LogP contribution in [0.2, 0.25) is 0 Å². The fourth-order valence-electron chi connectivity index (χ4n) is 2.37. The molecule has 1 aliphatic rings. The molecule has 18 heavy (non-hydrogen) atoms. The van der Waals surface area contributed by atoms with Gasteiger partial charge in [0.25, 0.3) is 0 Å². The largest absolute Gasteiger partial charge is 0.311 e. The normalized spacial score (nSPS) is 19.9. The number of hydrogen-bond acceptors (Lipinski definition) is 1. The van der Waals surface area contributed by atoms with Crippen molar-refractivity contribution in [3.63, 3.8) is 0 Å². The lowest BCUT2D eigenvalue weighted by Crippen LogP contribution is -2.38. The Morgan fingerprint density at radius 3 is 2.72 bits per heavy atom. The van der Waals surface area contributed by atoms with Crippen molar-refractivity contribution in [1.82, 2.24) is 4.90 Å². The van der Waals surface area contributed by atoms with Gasteiger partial charge in [-0.2, -0.15) is 0 Å². The zero-order chi connectivity index (χ0) is 13.1. The second-order valence-corrected chi connectivity index (χ2v) is 4.91. The van der Waals surface area contributed by atoms with Crippen molar-refractivity contribution in [2.24, 2.45) is 0 Å². The first-order chi connectivity index (χ1) is 8.69. The average Bonchev–Trinajstić information content (AvgIpc) is 2.41. The minimum Gasteiger partial charge on any atom is -0.311 e. The predicted molar refractivity (Wildman–Crippen MR) is 75.4 cm³/mol. The van der Waals surface area contributed by atoms with Crippen molar-refractivity contribution in [2.45, 2.75) is 32.1 Å². The third kappa shape index (κ3) is 2.30. The number of nitrogens with zero attached hydrogens (tertiary/aromatic N) is 1. The Hall–Kier alpha value is -1.28. The molecule has 1 atom stereocenters. The Labute approximate surface area is 113 Å². The molecule has 0 N–H and O–H groups in total. The Bertz CT molecular complexity index is 481. The highest BCUT2D eigenvalue weighted by Crippen LogP contribution is 2.29. The van der Waals surface area contributed by atoms with Crippen molar-refractivity contribution in [1.29, 1.82) is 0 Å². The van der Waals surface area contributed by atoms with Crippen LogP contribution in [0, 0.1) is 0 Å². The first kappa shape index (κ1) is 13.2. The van der Waals surface area contributed by atoms with E-state index in [0.29, 0.717) is 13.0 Å². The van der Waals surface area contributed by atoms with E-state index in [0.717, 1.165) is 17.7 Å². The fourth-order valence-corrected chi connectivity index (χ4v) is 2.58. The maximum Gasteiger partial charge on any atom is 0.245 e. The summed E-state index contributed by atoms with van der Waals surface area (Å²) in [6.45, 7) is 4.77. The number of rotatable bonds is 3. The molecule has 0 spiro atoms. The molecule has 96 valence electrons. The molecule has 1 amide bonds. The van der Waals surface area contributed by atoms with Gasteiger partial charge in [-0.25, -0.2) is 0 Å². The number of alkyl halides is 1. The van der Waals surface area contributed by atoms with Crippen LogP contribution < -0.4 is 0 Å². The Kier molecular flexibility index (Phi) is 4.07. The molecule has 0 bridgehead atoms. The Balaban J connectivity index is 2.45. The lowest BCUT2D eigenvalue weighted by molar-refractivity contribution is -0.127. The summed E-state index contributed by atoms with van der Waals surface area (Å²) >= 11 is 6.03. The van der Waals surface area contributed by atoms with Gasteiger partial charge in [-0.15, -0.1) is 11.6 Å². The number of allylic oxidation sites excluding steroid dienone is 1. The predicted octanol–water partition coefficient (Wildman–Crippen LogP) is 3.45. The van der Waals surface area contributed by atoms with E-state index in [1.165, 1.54) is 5.56 Å².